The number of likely N-dealkylation sites (N-methyl/N-ethyl adjacent to an activating group) is 2. The number of hydrogen-bond donors (Lipinski definition) is 0. The van der Waals surface area contributed by atoms with Gasteiger partial charge in [0.2, 0.25) is 0 Å². The van der Waals surface area contributed by atoms with Gasteiger partial charge in [-0.05, 0) is 46.1 Å². The van der Waals surface area contributed by atoms with Gasteiger partial charge in [-0.15, -0.1) is 0 Å². The summed E-state index contributed by atoms with van der Waals surface area (Å²) in [5, 5.41) is 0. The zero-order chi connectivity index (χ0) is 16.2. The van der Waals surface area contributed by atoms with Crippen LogP contribution in [-0.2, 0) is 4.74 Å². The van der Waals surface area contributed by atoms with Crippen molar-refractivity contribution >= 4 is 0 Å². The fraction of sp³-hybridized carbons (Fsp3) is 0.667. The summed E-state index contributed by atoms with van der Waals surface area (Å²) in [6.45, 7) is 10.7. The van der Waals surface area contributed by atoms with Crippen LogP contribution < -0.4 is 4.74 Å². The predicted octanol–water partition coefficient (Wildman–Crippen LogP) is 2.66. The summed E-state index contributed by atoms with van der Waals surface area (Å²) in [6.07, 6.45) is 1.07. The van der Waals surface area contributed by atoms with Crippen LogP contribution in [0.5, 0.6) is 5.75 Å². The van der Waals surface area contributed by atoms with E-state index in [2.05, 4.69) is 49.9 Å². The first-order valence-electron chi connectivity index (χ1n) is 8.26. The SMILES string of the molecule is CCN(C)CCN(C)CCCOCCOc1ccc(C)cc1. The van der Waals surface area contributed by atoms with Crippen molar-refractivity contribution in [1.29, 1.82) is 0 Å². The molecule has 4 nitrogen and oxygen atoms in total. The molecule has 0 fully saturated rings. The smallest absolute Gasteiger partial charge is 0.119 e. The maximum atomic E-state index is 5.62. The van der Waals surface area contributed by atoms with Gasteiger partial charge >= 0.3 is 0 Å². The third-order valence-corrected chi connectivity index (χ3v) is 3.75. The van der Waals surface area contributed by atoms with Crippen LogP contribution in [-0.4, -0.2) is 69.9 Å². The minimum Gasteiger partial charge on any atom is -0.491 e. The normalized spacial score (nSPS) is 11.4. The van der Waals surface area contributed by atoms with Crippen LogP contribution in [0.1, 0.15) is 18.9 Å². The van der Waals surface area contributed by atoms with Crippen LogP contribution in [0, 0.1) is 6.92 Å². The highest BCUT2D eigenvalue weighted by Gasteiger charge is 2.00. The Bertz CT molecular complexity index is 381. The largest absolute Gasteiger partial charge is 0.491 e. The summed E-state index contributed by atoms with van der Waals surface area (Å²) in [5.41, 5.74) is 1.25. The number of aryl methyl sites for hydroxylation is 1. The molecule has 0 unspecified atom stereocenters. The number of benzene rings is 1. The van der Waals surface area contributed by atoms with Crippen molar-refractivity contribution in [3.05, 3.63) is 29.8 Å². The van der Waals surface area contributed by atoms with Crippen LogP contribution in [0.25, 0.3) is 0 Å². The van der Waals surface area contributed by atoms with E-state index >= 15 is 0 Å². The Kier molecular flexibility index (Phi) is 9.87. The molecule has 0 aliphatic rings. The second-order valence-corrected chi connectivity index (χ2v) is 5.83. The number of nitrogens with zero attached hydrogens (tertiary/aromatic N) is 2. The maximum Gasteiger partial charge on any atom is 0.119 e. The minimum atomic E-state index is 0.611. The molecule has 0 heterocycles. The monoisotopic (exact) mass is 308 g/mol. The van der Waals surface area contributed by atoms with Gasteiger partial charge in [-0.2, -0.15) is 0 Å². The van der Waals surface area contributed by atoms with E-state index in [4.69, 9.17) is 9.47 Å². The molecule has 126 valence electrons. The standard InChI is InChI=1S/C18H32N2O2/c1-5-19(3)12-13-20(4)11-6-14-21-15-16-22-18-9-7-17(2)8-10-18/h7-10H,5-6,11-16H2,1-4H3. The third kappa shape index (κ3) is 9.03. The highest BCUT2D eigenvalue weighted by atomic mass is 16.5. The quantitative estimate of drug-likeness (QED) is 0.554. The lowest BCUT2D eigenvalue weighted by molar-refractivity contribution is 0.0927. The molecule has 0 aliphatic heterocycles. The highest BCUT2D eigenvalue weighted by molar-refractivity contribution is 5.26. The van der Waals surface area contributed by atoms with Gasteiger partial charge in [-0.1, -0.05) is 24.6 Å². The van der Waals surface area contributed by atoms with E-state index in [1.807, 2.05) is 12.1 Å². The van der Waals surface area contributed by atoms with Gasteiger partial charge < -0.3 is 19.3 Å². The predicted molar refractivity (Wildman–Crippen MR) is 92.8 cm³/mol. The highest BCUT2D eigenvalue weighted by Crippen LogP contribution is 2.10. The molecule has 0 aliphatic carbocycles. The molecule has 22 heavy (non-hydrogen) atoms. The van der Waals surface area contributed by atoms with E-state index in [-0.39, 0.29) is 0 Å². The van der Waals surface area contributed by atoms with Gasteiger partial charge in [0.05, 0.1) is 6.61 Å². The summed E-state index contributed by atoms with van der Waals surface area (Å²) in [4.78, 5) is 4.69. The Morgan fingerprint density at radius 2 is 1.55 bits per heavy atom. The van der Waals surface area contributed by atoms with E-state index in [1.54, 1.807) is 0 Å². The Morgan fingerprint density at radius 3 is 2.23 bits per heavy atom. The molecule has 0 amide bonds. The second kappa shape index (κ2) is 11.5. The van der Waals surface area contributed by atoms with Crippen molar-refractivity contribution in [3.63, 3.8) is 0 Å². The Morgan fingerprint density at radius 1 is 0.864 bits per heavy atom. The molecule has 0 radical (unpaired) electrons. The molecule has 1 aromatic rings. The van der Waals surface area contributed by atoms with E-state index < -0.39 is 0 Å². The molecule has 0 aromatic heterocycles. The summed E-state index contributed by atoms with van der Waals surface area (Å²) in [5.74, 6) is 0.911. The van der Waals surface area contributed by atoms with Crippen molar-refractivity contribution in [2.45, 2.75) is 20.3 Å². The second-order valence-electron chi connectivity index (χ2n) is 5.83. The van der Waals surface area contributed by atoms with Gasteiger partial charge in [-0.25, -0.2) is 0 Å². The molecule has 1 rings (SSSR count). The van der Waals surface area contributed by atoms with Crippen LogP contribution in [0.15, 0.2) is 24.3 Å². The molecule has 0 N–H and O–H groups in total. The van der Waals surface area contributed by atoms with Crippen LogP contribution >= 0.6 is 0 Å². The first-order chi connectivity index (χ1) is 10.6. The summed E-state index contributed by atoms with van der Waals surface area (Å²) < 4.78 is 11.2. The van der Waals surface area contributed by atoms with Crippen LogP contribution in [0.3, 0.4) is 0 Å². The average Bonchev–Trinajstić information content (AvgIpc) is 2.53. The number of rotatable bonds is 12. The van der Waals surface area contributed by atoms with Crippen molar-refractivity contribution in [3.8, 4) is 5.75 Å². The Labute approximate surface area is 136 Å². The summed E-state index contributed by atoms with van der Waals surface area (Å²) >= 11 is 0. The molecule has 0 saturated carbocycles. The fourth-order valence-electron chi connectivity index (χ4n) is 2.00. The van der Waals surface area contributed by atoms with Crippen LogP contribution in [0.2, 0.25) is 0 Å². The van der Waals surface area contributed by atoms with Crippen molar-refractivity contribution in [2.75, 3.05) is 60.1 Å². The van der Waals surface area contributed by atoms with Crippen molar-refractivity contribution in [1.82, 2.24) is 9.80 Å². The van der Waals surface area contributed by atoms with Crippen molar-refractivity contribution in [2.24, 2.45) is 0 Å². The molecule has 0 atom stereocenters. The van der Waals surface area contributed by atoms with Gasteiger partial charge in [0.1, 0.15) is 12.4 Å². The molecule has 0 spiro atoms. The van der Waals surface area contributed by atoms with Gasteiger partial charge in [0, 0.05) is 26.2 Å². The lowest BCUT2D eigenvalue weighted by Crippen LogP contribution is -2.31. The van der Waals surface area contributed by atoms with Gasteiger partial charge in [0.25, 0.3) is 0 Å². The third-order valence-electron chi connectivity index (χ3n) is 3.75. The maximum absolute atomic E-state index is 5.62. The van der Waals surface area contributed by atoms with E-state index in [0.717, 1.165) is 45.0 Å². The van der Waals surface area contributed by atoms with E-state index in [1.165, 1.54) is 5.56 Å². The lowest BCUT2D eigenvalue weighted by atomic mass is 10.2. The minimum absolute atomic E-state index is 0.611. The molecule has 0 bridgehead atoms. The molecule has 4 heteroatoms. The van der Waals surface area contributed by atoms with E-state index in [0.29, 0.717) is 13.2 Å². The zero-order valence-electron chi connectivity index (χ0n) is 14.7. The first-order valence-corrected chi connectivity index (χ1v) is 8.26. The molecular formula is C18H32N2O2. The molecule has 0 saturated heterocycles. The number of ether oxygens (including phenoxy) is 2. The topological polar surface area (TPSA) is 24.9 Å². The van der Waals surface area contributed by atoms with Gasteiger partial charge in [-0.3, -0.25) is 0 Å². The van der Waals surface area contributed by atoms with Gasteiger partial charge in [0.15, 0.2) is 0 Å². The molecule has 1 aromatic carbocycles. The fourth-order valence-corrected chi connectivity index (χ4v) is 2.00. The first kappa shape index (κ1) is 18.9. The summed E-state index contributed by atoms with van der Waals surface area (Å²) in [6, 6.07) is 8.11. The Hall–Kier alpha value is -1.10. The van der Waals surface area contributed by atoms with Crippen LogP contribution in [0.4, 0.5) is 0 Å². The molecular weight excluding hydrogens is 276 g/mol. The lowest BCUT2D eigenvalue weighted by Gasteiger charge is -2.20. The summed E-state index contributed by atoms with van der Waals surface area (Å²) in [7, 11) is 4.33. The van der Waals surface area contributed by atoms with E-state index in [9.17, 15) is 0 Å². The average molecular weight is 308 g/mol. The number of hydrogen-bond acceptors (Lipinski definition) is 4. The zero-order valence-corrected chi connectivity index (χ0v) is 14.7. The Balaban J connectivity index is 1.94. The van der Waals surface area contributed by atoms with Crippen molar-refractivity contribution < 1.29 is 9.47 Å².